The van der Waals surface area contributed by atoms with Crippen molar-refractivity contribution >= 4 is 55.9 Å². The van der Waals surface area contributed by atoms with E-state index >= 15 is 0 Å². The summed E-state index contributed by atoms with van der Waals surface area (Å²) in [6.45, 7) is 0. The maximum atomic E-state index is 12.1. The number of anilines is 1. The van der Waals surface area contributed by atoms with Crippen LogP contribution < -0.4 is 14.8 Å². The minimum absolute atomic E-state index is 0.00174. The lowest BCUT2D eigenvalue weighted by molar-refractivity contribution is -0.117. The molecule has 2 N–H and O–H groups in total. The molecule has 0 spiro atoms. The van der Waals surface area contributed by atoms with Crippen molar-refractivity contribution < 1.29 is 14.3 Å². The van der Waals surface area contributed by atoms with E-state index in [1.807, 2.05) is 0 Å². The van der Waals surface area contributed by atoms with Crippen LogP contribution in [0.2, 0.25) is 10.0 Å². The summed E-state index contributed by atoms with van der Waals surface area (Å²) in [5, 5.41) is 11.3. The number of carbonyl (C=O) groups is 1. The first-order valence-electron chi connectivity index (χ1n) is 9.30. The molecule has 1 amide bonds. The van der Waals surface area contributed by atoms with E-state index in [1.54, 1.807) is 23.2 Å². The topological polar surface area (TPSA) is 107 Å². The Morgan fingerprint density at radius 3 is 2.84 bits per heavy atom. The molecule has 1 fully saturated rings. The zero-order valence-corrected chi connectivity index (χ0v) is 18.7. The molecule has 0 atom stereocenters. The van der Waals surface area contributed by atoms with E-state index < -0.39 is 0 Å². The Morgan fingerprint density at radius 1 is 1.32 bits per heavy atom. The molecule has 0 bridgehead atoms. The minimum atomic E-state index is -0.00174. The summed E-state index contributed by atoms with van der Waals surface area (Å²) in [4.78, 5) is 20.8. The number of nitrogens with zero attached hydrogens (tertiary/aromatic N) is 4. The number of ether oxygens (including phenoxy) is 2. The first kappa shape index (κ1) is 20.1. The van der Waals surface area contributed by atoms with Crippen LogP contribution in [0.15, 0.2) is 18.6 Å². The second kappa shape index (κ2) is 7.70. The van der Waals surface area contributed by atoms with Crippen LogP contribution in [0, 0.1) is 5.92 Å². The van der Waals surface area contributed by atoms with Crippen molar-refractivity contribution in [1.29, 1.82) is 0 Å². The van der Waals surface area contributed by atoms with Crippen LogP contribution in [-0.2, 0) is 4.79 Å². The predicted molar refractivity (Wildman–Crippen MR) is 119 cm³/mol. The van der Waals surface area contributed by atoms with Gasteiger partial charge < -0.3 is 14.8 Å². The van der Waals surface area contributed by atoms with Crippen LogP contribution in [0.25, 0.3) is 27.4 Å². The van der Waals surface area contributed by atoms with Crippen LogP contribution in [0.3, 0.4) is 0 Å². The third kappa shape index (κ3) is 3.40. The SMILES string of the molecule is COc1cc(Cl)c(-c2cncn2-c2n[nH]c3nc(NC(=O)C4CC4)sc23)c(Cl)c1OC. The van der Waals surface area contributed by atoms with Gasteiger partial charge in [-0.3, -0.25) is 14.5 Å². The van der Waals surface area contributed by atoms with Crippen molar-refractivity contribution in [2.24, 2.45) is 5.92 Å². The maximum Gasteiger partial charge on any atom is 0.229 e. The fourth-order valence-electron chi connectivity index (χ4n) is 3.28. The normalized spacial score (nSPS) is 13.5. The number of hydrogen-bond acceptors (Lipinski definition) is 7. The second-order valence-corrected chi connectivity index (χ2v) is 8.72. The largest absolute Gasteiger partial charge is 0.493 e. The number of nitrogens with one attached hydrogen (secondary N) is 2. The average Bonchev–Trinajstić information content (AvgIpc) is 3.20. The van der Waals surface area contributed by atoms with Gasteiger partial charge in [-0.2, -0.15) is 5.10 Å². The zero-order chi connectivity index (χ0) is 21.7. The predicted octanol–water partition coefficient (Wildman–Crippen LogP) is 4.54. The highest BCUT2D eigenvalue weighted by Crippen LogP contribution is 2.47. The highest BCUT2D eigenvalue weighted by molar-refractivity contribution is 7.22. The summed E-state index contributed by atoms with van der Waals surface area (Å²) < 4.78 is 13.2. The van der Waals surface area contributed by atoms with Crippen molar-refractivity contribution in [1.82, 2.24) is 24.7 Å². The number of aromatic amines is 1. The summed E-state index contributed by atoms with van der Waals surface area (Å²) >= 11 is 14.5. The molecule has 0 saturated heterocycles. The molecule has 160 valence electrons. The number of halogens is 2. The highest BCUT2D eigenvalue weighted by Gasteiger charge is 2.30. The Bertz CT molecular complexity index is 1310. The van der Waals surface area contributed by atoms with E-state index in [0.29, 0.717) is 49.4 Å². The van der Waals surface area contributed by atoms with E-state index in [9.17, 15) is 4.79 Å². The fourth-order valence-corrected chi connectivity index (χ4v) is 4.89. The smallest absolute Gasteiger partial charge is 0.229 e. The van der Waals surface area contributed by atoms with Crippen molar-refractivity contribution in [3.05, 3.63) is 28.6 Å². The van der Waals surface area contributed by atoms with Gasteiger partial charge in [0, 0.05) is 17.5 Å². The molecule has 9 nitrogen and oxygen atoms in total. The molecule has 0 radical (unpaired) electrons. The Kier molecular flexibility index (Phi) is 4.99. The van der Waals surface area contributed by atoms with Crippen LogP contribution >= 0.6 is 34.5 Å². The molecule has 1 saturated carbocycles. The maximum absolute atomic E-state index is 12.1. The molecule has 3 aromatic heterocycles. The van der Waals surface area contributed by atoms with Gasteiger partial charge in [0.15, 0.2) is 28.1 Å². The molecule has 12 heteroatoms. The number of benzene rings is 1. The Labute approximate surface area is 190 Å². The number of thiazole rings is 1. The molecule has 1 aliphatic rings. The number of aromatic nitrogens is 5. The highest BCUT2D eigenvalue weighted by atomic mass is 35.5. The standard InChI is InChI=1S/C19H16Cl2N6O3S/c1-29-11-5-9(20)12(13(21)14(11)30-2)10-6-22-7-27(10)17-15-16(25-26-17)23-19(31-15)24-18(28)8-3-4-8/h5-8H,3-4H2,1-2H3,(H2,23,24,25,26,28). The van der Waals surface area contributed by atoms with E-state index in [1.165, 1.54) is 25.6 Å². The lowest BCUT2D eigenvalue weighted by Crippen LogP contribution is -2.12. The molecular formula is C19H16Cl2N6O3S. The Balaban J connectivity index is 1.59. The molecular weight excluding hydrogens is 463 g/mol. The number of H-pyrrole nitrogens is 1. The van der Waals surface area contributed by atoms with E-state index in [2.05, 4.69) is 25.5 Å². The summed E-state index contributed by atoms with van der Waals surface area (Å²) in [7, 11) is 3.02. The van der Waals surface area contributed by atoms with Crippen LogP contribution in [0.1, 0.15) is 12.8 Å². The van der Waals surface area contributed by atoms with Crippen LogP contribution in [0.4, 0.5) is 5.13 Å². The molecule has 4 aromatic rings. The Hall–Kier alpha value is -2.82. The van der Waals surface area contributed by atoms with Gasteiger partial charge in [-0.15, -0.1) is 0 Å². The lowest BCUT2D eigenvalue weighted by atomic mass is 10.1. The van der Waals surface area contributed by atoms with Crippen molar-refractivity contribution in [2.75, 3.05) is 19.5 Å². The number of methoxy groups -OCH3 is 2. The number of imidazole rings is 1. The Morgan fingerprint density at radius 2 is 2.13 bits per heavy atom. The zero-order valence-electron chi connectivity index (χ0n) is 16.4. The van der Waals surface area contributed by atoms with E-state index in [0.717, 1.165) is 17.5 Å². The van der Waals surface area contributed by atoms with Gasteiger partial charge in [-0.05, 0) is 12.8 Å². The third-order valence-corrected chi connectivity index (χ3v) is 6.59. The molecule has 5 rings (SSSR count). The van der Waals surface area contributed by atoms with E-state index in [-0.39, 0.29) is 11.8 Å². The summed E-state index contributed by atoms with van der Waals surface area (Å²) in [5.74, 6) is 1.45. The van der Waals surface area contributed by atoms with Crippen molar-refractivity contribution in [2.45, 2.75) is 12.8 Å². The molecule has 31 heavy (non-hydrogen) atoms. The quantitative estimate of drug-likeness (QED) is 0.421. The number of hydrogen-bond donors (Lipinski definition) is 2. The third-order valence-electron chi connectivity index (χ3n) is 4.96. The summed E-state index contributed by atoms with van der Waals surface area (Å²) in [5.41, 5.74) is 1.71. The molecule has 0 unspecified atom stereocenters. The van der Waals surface area contributed by atoms with Gasteiger partial charge in [-0.25, -0.2) is 9.97 Å². The molecule has 0 aliphatic heterocycles. The lowest BCUT2D eigenvalue weighted by Gasteiger charge is -2.15. The van der Waals surface area contributed by atoms with E-state index in [4.69, 9.17) is 32.7 Å². The minimum Gasteiger partial charge on any atom is -0.493 e. The van der Waals surface area contributed by atoms with Crippen molar-refractivity contribution in [3.63, 3.8) is 0 Å². The average molecular weight is 479 g/mol. The van der Waals surface area contributed by atoms with Crippen LogP contribution in [0.5, 0.6) is 11.5 Å². The molecule has 1 aliphatic carbocycles. The first-order chi connectivity index (χ1) is 15.0. The number of rotatable bonds is 6. The van der Waals surface area contributed by atoms with Gasteiger partial charge in [0.2, 0.25) is 5.91 Å². The van der Waals surface area contributed by atoms with Gasteiger partial charge in [-0.1, -0.05) is 34.5 Å². The number of amides is 1. The van der Waals surface area contributed by atoms with Gasteiger partial charge >= 0.3 is 0 Å². The summed E-state index contributed by atoms with van der Waals surface area (Å²) in [6.07, 6.45) is 5.09. The summed E-state index contributed by atoms with van der Waals surface area (Å²) in [6, 6.07) is 1.64. The van der Waals surface area contributed by atoms with Crippen molar-refractivity contribution in [3.8, 4) is 28.6 Å². The number of carbonyl (C=O) groups excluding carboxylic acids is 1. The second-order valence-electron chi connectivity index (χ2n) is 6.94. The van der Waals surface area contributed by atoms with Gasteiger partial charge in [0.1, 0.15) is 11.0 Å². The van der Waals surface area contributed by atoms with Gasteiger partial charge in [0.25, 0.3) is 0 Å². The van der Waals surface area contributed by atoms with Gasteiger partial charge in [0.05, 0.1) is 36.2 Å². The molecule has 3 heterocycles. The monoisotopic (exact) mass is 478 g/mol. The van der Waals surface area contributed by atoms with Crippen LogP contribution in [-0.4, -0.2) is 44.9 Å². The first-order valence-corrected chi connectivity index (χ1v) is 10.9. The molecule has 1 aromatic carbocycles. The number of fused-ring (bicyclic) bond motifs is 1. The fraction of sp³-hybridized carbons (Fsp3) is 0.263.